The molecular formula is C16H31N3O2. The first-order chi connectivity index (χ1) is 10.2. The predicted molar refractivity (Wildman–Crippen MR) is 84.2 cm³/mol. The monoisotopic (exact) mass is 297 g/mol. The molecule has 0 aromatic heterocycles. The molecule has 0 saturated carbocycles. The Morgan fingerprint density at radius 3 is 2.52 bits per heavy atom. The first-order valence-corrected chi connectivity index (χ1v) is 8.55. The number of rotatable bonds is 5. The summed E-state index contributed by atoms with van der Waals surface area (Å²) in [6, 6.07) is 0.442. The highest BCUT2D eigenvalue weighted by Gasteiger charge is 2.32. The average Bonchev–Trinajstić information content (AvgIpc) is 2.54. The van der Waals surface area contributed by atoms with Crippen molar-refractivity contribution in [3.8, 4) is 0 Å². The van der Waals surface area contributed by atoms with Gasteiger partial charge in [0.1, 0.15) is 0 Å². The van der Waals surface area contributed by atoms with Gasteiger partial charge >= 0.3 is 0 Å². The van der Waals surface area contributed by atoms with Crippen molar-refractivity contribution in [1.29, 1.82) is 0 Å². The lowest BCUT2D eigenvalue weighted by Gasteiger charge is -2.42. The number of piperidine rings is 1. The number of aliphatic hydroxyl groups is 1. The van der Waals surface area contributed by atoms with Crippen LogP contribution >= 0.6 is 0 Å². The highest BCUT2D eigenvalue weighted by molar-refractivity contribution is 5.82. The van der Waals surface area contributed by atoms with Crippen LogP contribution in [0.2, 0.25) is 0 Å². The van der Waals surface area contributed by atoms with Crippen LogP contribution in [0, 0.1) is 0 Å². The van der Waals surface area contributed by atoms with Gasteiger partial charge in [-0.3, -0.25) is 14.6 Å². The van der Waals surface area contributed by atoms with Crippen molar-refractivity contribution in [1.82, 2.24) is 14.7 Å². The molecule has 0 aliphatic carbocycles. The van der Waals surface area contributed by atoms with E-state index in [2.05, 4.69) is 28.5 Å². The molecule has 0 spiro atoms. The highest BCUT2D eigenvalue weighted by Crippen LogP contribution is 2.21. The molecule has 2 aliphatic rings. The standard InChI is InChI=1S/C16H31N3O2/c1-3-15-6-4-5-7-19(15)16(21)14(2)18-10-8-17(9-11-18)12-13-20/h14-15,20H,3-13H2,1-2H3. The molecule has 0 radical (unpaired) electrons. The van der Waals surface area contributed by atoms with Crippen LogP contribution in [0.25, 0.3) is 0 Å². The predicted octanol–water partition coefficient (Wildman–Crippen LogP) is 0.776. The van der Waals surface area contributed by atoms with E-state index in [0.29, 0.717) is 11.9 Å². The molecule has 0 aromatic rings. The Kier molecular flexibility index (Phi) is 6.45. The summed E-state index contributed by atoms with van der Waals surface area (Å²) in [6.45, 7) is 9.92. The number of piperazine rings is 1. The normalized spacial score (nSPS) is 26.8. The van der Waals surface area contributed by atoms with Crippen molar-refractivity contribution in [3.05, 3.63) is 0 Å². The lowest BCUT2D eigenvalue weighted by molar-refractivity contribution is -0.141. The molecule has 2 unspecified atom stereocenters. The van der Waals surface area contributed by atoms with E-state index in [0.717, 1.165) is 52.1 Å². The number of likely N-dealkylation sites (tertiary alicyclic amines) is 1. The molecule has 0 aromatic carbocycles. The van der Waals surface area contributed by atoms with Gasteiger partial charge in [0.25, 0.3) is 0 Å². The fourth-order valence-electron chi connectivity index (χ4n) is 3.63. The largest absolute Gasteiger partial charge is 0.395 e. The lowest BCUT2D eigenvalue weighted by Crippen LogP contribution is -2.56. The van der Waals surface area contributed by atoms with Crippen molar-refractivity contribution in [2.45, 2.75) is 51.6 Å². The van der Waals surface area contributed by atoms with Crippen LogP contribution < -0.4 is 0 Å². The first kappa shape index (κ1) is 16.7. The summed E-state index contributed by atoms with van der Waals surface area (Å²) < 4.78 is 0. The Labute approximate surface area is 128 Å². The van der Waals surface area contributed by atoms with Crippen molar-refractivity contribution in [3.63, 3.8) is 0 Å². The molecule has 2 atom stereocenters. The number of carbonyl (C=O) groups excluding carboxylic acids is 1. The summed E-state index contributed by atoms with van der Waals surface area (Å²) in [7, 11) is 0. The molecule has 21 heavy (non-hydrogen) atoms. The van der Waals surface area contributed by atoms with Crippen LogP contribution in [0.5, 0.6) is 0 Å². The Balaban J connectivity index is 1.87. The quantitative estimate of drug-likeness (QED) is 0.814. The average molecular weight is 297 g/mol. The van der Waals surface area contributed by atoms with Crippen LogP contribution in [0.15, 0.2) is 0 Å². The van der Waals surface area contributed by atoms with Crippen LogP contribution in [0.3, 0.4) is 0 Å². The minimum absolute atomic E-state index is 0.00609. The fourth-order valence-corrected chi connectivity index (χ4v) is 3.63. The smallest absolute Gasteiger partial charge is 0.239 e. The highest BCUT2D eigenvalue weighted by atomic mass is 16.3. The van der Waals surface area contributed by atoms with Crippen molar-refractivity contribution >= 4 is 5.91 Å². The fraction of sp³-hybridized carbons (Fsp3) is 0.938. The van der Waals surface area contributed by atoms with Gasteiger partial charge in [-0.1, -0.05) is 6.92 Å². The number of β-amino-alcohol motifs (C(OH)–C–C–N with tert-alkyl or cyclic N) is 1. The third kappa shape index (κ3) is 4.18. The van der Waals surface area contributed by atoms with Gasteiger partial charge in [0.2, 0.25) is 5.91 Å². The van der Waals surface area contributed by atoms with E-state index in [1.54, 1.807) is 0 Å². The molecule has 1 amide bonds. The van der Waals surface area contributed by atoms with Crippen LogP contribution in [-0.4, -0.2) is 83.7 Å². The minimum Gasteiger partial charge on any atom is -0.395 e. The van der Waals surface area contributed by atoms with E-state index in [1.807, 2.05) is 0 Å². The second-order valence-corrected chi connectivity index (χ2v) is 6.37. The Morgan fingerprint density at radius 2 is 1.90 bits per heavy atom. The Morgan fingerprint density at radius 1 is 1.19 bits per heavy atom. The van der Waals surface area contributed by atoms with E-state index >= 15 is 0 Å². The Bertz CT molecular complexity index is 329. The lowest BCUT2D eigenvalue weighted by atomic mass is 9.99. The second-order valence-electron chi connectivity index (χ2n) is 6.37. The number of hydrogen-bond donors (Lipinski definition) is 1. The molecule has 2 heterocycles. The van der Waals surface area contributed by atoms with E-state index in [9.17, 15) is 4.79 Å². The van der Waals surface area contributed by atoms with Crippen LogP contribution in [0.4, 0.5) is 0 Å². The summed E-state index contributed by atoms with van der Waals surface area (Å²) in [5.41, 5.74) is 0. The third-order valence-corrected chi connectivity index (χ3v) is 5.11. The summed E-state index contributed by atoms with van der Waals surface area (Å²) >= 11 is 0. The molecule has 2 saturated heterocycles. The second kappa shape index (κ2) is 8.11. The maximum atomic E-state index is 12.8. The van der Waals surface area contributed by atoms with E-state index in [4.69, 9.17) is 5.11 Å². The zero-order chi connectivity index (χ0) is 15.2. The maximum absolute atomic E-state index is 12.8. The summed E-state index contributed by atoms with van der Waals surface area (Å²) in [6.07, 6.45) is 4.65. The molecule has 2 fully saturated rings. The van der Waals surface area contributed by atoms with Gasteiger partial charge in [0.15, 0.2) is 0 Å². The first-order valence-electron chi connectivity index (χ1n) is 8.55. The van der Waals surface area contributed by atoms with E-state index in [1.165, 1.54) is 12.8 Å². The maximum Gasteiger partial charge on any atom is 0.239 e. The van der Waals surface area contributed by atoms with Gasteiger partial charge in [-0.15, -0.1) is 0 Å². The van der Waals surface area contributed by atoms with Crippen molar-refractivity contribution in [2.75, 3.05) is 45.9 Å². The zero-order valence-corrected chi connectivity index (χ0v) is 13.6. The number of nitrogens with zero attached hydrogens (tertiary/aromatic N) is 3. The summed E-state index contributed by atoms with van der Waals surface area (Å²) in [5, 5.41) is 8.99. The van der Waals surface area contributed by atoms with Gasteiger partial charge in [-0.05, 0) is 32.6 Å². The van der Waals surface area contributed by atoms with Crippen LogP contribution in [-0.2, 0) is 4.79 Å². The summed E-state index contributed by atoms with van der Waals surface area (Å²) in [5.74, 6) is 0.317. The molecular weight excluding hydrogens is 266 g/mol. The van der Waals surface area contributed by atoms with Crippen molar-refractivity contribution < 1.29 is 9.90 Å². The molecule has 5 heteroatoms. The number of carbonyl (C=O) groups is 1. The van der Waals surface area contributed by atoms with Gasteiger partial charge in [0, 0.05) is 45.3 Å². The number of amides is 1. The summed E-state index contributed by atoms with van der Waals surface area (Å²) in [4.78, 5) is 19.5. The van der Waals surface area contributed by atoms with E-state index < -0.39 is 0 Å². The number of aliphatic hydroxyl groups excluding tert-OH is 1. The zero-order valence-electron chi connectivity index (χ0n) is 13.6. The molecule has 2 rings (SSSR count). The molecule has 2 aliphatic heterocycles. The van der Waals surface area contributed by atoms with Gasteiger partial charge in [-0.2, -0.15) is 0 Å². The SMILES string of the molecule is CCC1CCCCN1C(=O)C(C)N1CCN(CCO)CC1. The molecule has 1 N–H and O–H groups in total. The number of hydrogen-bond acceptors (Lipinski definition) is 4. The molecule has 5 nitrogen and oxygen atoms in total. The molecule has 0 bridgehead atoms. The third-order valence-electron chi connectivity index (χ3n) is 5.11. The van der Waals surface area contributed by atoms with Gasteiger partial charge in [-0.25, -0.2) is 0 Å². The van der Waals surface area contributed by atoms with Gasteiger partial charge < -0.3 is 10.0 Å². The van der Waals surface area contributed by atoms with Gasteiger partial charge in [0.05, 0.1) is 12.6 Å². The minimum atomic E-state index is -0.00609. The molecule has 122 valence electrons. The van der Waals surface area contributed by atoms with E-state index in [-0.39, 0.29) is 12.6 Å². The van der Waals surface area contributed by atoms with Crippen molar-refractivity contribution in [2.24, 2.45) is 0 Å². The van der Waals surface area contributed by atoms with Crippen LogP contribution in [0.1, 0.15) is 39.5 Å². The topological polar surface area (TPSA) is 47.0 Å². The Hall–Kier alpha value is -0.650.